The van der Waals surface area contributed by atoms with Crippen molar-refractivity contribution in [1.82, 2.24) is 9.55 Å². The van der Waals surface area contributed by atoms with Crippen LogP contribution in [-0.2, 0) is 7.05 Å². The van der Waals surface area contributed by atoms with Crippen LogP contribution in [0.4, 0.5) is 0 Å². The number of aliphatic hydroxyl groups is 1. The van der Waals surface area contributed by atoms with E-state index in [9.17, 15) is 5.11 Å². The van der Waals surface area contributed by atoms with Crippen molar-refractivity contribution in [3.05, 3.63) is 53.9 Å². The van der Waals surface area contributed by atoms with E-state index in [0.717, 1.165) is 11.0 Å². The Morgan fingerprint density at radius 1 is 1.05 bits per heavy atom. The number of benzene rings is 2. The van der Waals surface area contributed by atoms with Crippen molar-refractivity contribution >= 4 is 11.0 Å². The Morgan fingerprint density at radius 2 is 1.82 bits per heavy atom. The highest BCUT2D eigenvalue weighted by molar-refractivity contribution is 5.76. The minimum atomic E-state index is -0.901. The maximum Gasteiger partial charge on any atom is 0.166 e. The SMILES string of the molecule is COc1cccc([C@H](O)c2nc3ccccc3n2C)c1OC. The van der Waals surface area contributed by atoms with Crippen LogP contribution in [0, 0.1) is 0 Å². The lowest BCUT2D eigenvalue weighted by Gasteiger charge is -2.17. The lowest BCUT2D eigenvalue weighted by Crippen LogP contribution is -2.09. The summed E-state index contributed by atoms with van der Waals surface area (Å²) in [6.45, 7) is 0. The number of hydrogen-bond acceptors (Lipinski definition) is 4. The third-order valence-corrected chi connectivity index (χ3v) is 3.79. The Morgan fingerprint density at radius 3 is 2.50 bits per heavy atom. The number of nitrogens with zero attached hydrogens (tertiary/aromatic N) is 2. The Hall–Kier alpha value is -2.53. The van der Waals surface area contributed by atoms with E-state index in [1.165, 1.54) is 0 Å². The maximum absolute atomic E-state index is 10.8. The summed E-state index contributed by atoms with van der Waals surface area (Å²) in [5.74, 6) is 1.66. The largest absolute Gasteiger partial charge is 0.493 e. The number of aromatic nitrogens is 2. The molecule has 0 saturated heterocycles. The quantitative estimate of drug-likeness (QED) is 0.804. The molecule has 0 saturated carbocycles. The first kappa shape index (κ1) is 14.4. The summed E-state index contributed by atoms with van der Waals surface area (Å²) >= 11 is 0. The molecule has 0 radical (unpaired) electrons. The zero-order valence-electron chi connectivity index (χ0n) is 12.8. The summed E-state index contributed by atoms with van der Waals surface area (Å²) in [7, 11) is 5.02. The molecule has 3 rings (SSSR count). The molecule has 5 heteroatoms. The second kappa shape index (κ2) is 5.69. The summed E-state index contributed by atoms with van der Waals surface area (Å²) in [5.41, 5.74) is 2.44. The Balaban J connectivity index is 2.14. The average molecular weight is 298 g/mol. The average Bonchev–Trinajstić information content (AvgIpc) is 2.90. The van der Waals surface area contributed by atoms with E-state index < -0.39 is 6.10 Å². The van der Waals surface area contributed by atoms with Crippen molar-refractivity contribution in [2.75, 3.05) is 14.2 Å². The first-order valence-electron chi connectivity index (χ1n) is 6.97. The van der Waals surface area contributed by atoms with Gasteiger partial charge in [0, 0.05) is 12.6 Å². The fraction of sp³-hybridized carbons (Fsp3) is 0.235. The Bertz CT molecular complexity index is 811. The van der Waals surface area contributed by atoms with Gasteiger partial charge >= 0.3 is 0 Å². The highest BCUT2D eigenvalue weighted by Gasteiger charge is 2.23. The van der Waals surface area contributed by atoms with Gasteiger partial charge in [0.15, 0.2) is 11.5 Å². The molecule has 5 nitrogen and oxygen atoms in total. The summed E-state index contributed by atoms with van der Waals surface area (Å²) in [6, 6.07) is 13.2. The smallest absolute Gasteiger partial charge is 0.166 e. The molecule has 0 unspecified atom stereocenters. The van der Waals surface area contributed by atoms with Gasteiger partial charge in [-0.2, -0.15) is 0 Å². The molecule has 0 aliphatic rings. The van der Waals surface area contributed by atoms with Crippen LogP contribution in [0.5, 0.6) is 11.5 Å². The van der Waals surface area contributed by atoms with E-state index in [2.05, 4.69) is 4.98 Å². The van der Waals surface area contributed by atoms with Gasteiger partial charge in [0.05, 0.1) is 25.3 Å². The van der Waals surface area contributed by atoms with Gasteiger partial charge in [-0.1, -0.05) is 24.3 Å². The van der Waals surface area contributed by atoms with Gasteiger partial charge in [0.1, 0.15) is 11.9 Å². The molecule has 0 spiro atoms. The molecule has 0 aliphatic heterocycles. The third-order valence-electron chi connectivity index (χ3n) is 3.79. The number of para-hydroxylation sites is 3. The van der Waals surface area contributed by atoms with Crippen molar-refractivity contribution in [3.63, 3.8) is 0 Å². The van der Waals surface area contributed by atoms with Crippen LogP contribution in [0.1, 0.15) is 17.5 Å². The molecule has 1 atom stereocenters. The third kappa shape index (κ3) is 2.19. The number of methoxy groups -OCH3 is 2. The number of imidazole rings is 1. The molecule has 0 amide bonds. The molecule has 22 heavy (non-hydrogen) atoms. The van der Waals surface area contributed by atoms with Gasteiger partial charge < -0.3 is 19.1 Å². The molecule has 0 aliphatic carbocycles. The second-order valence-electron chi connectivity index (χ2n) is 5.00. The number of aliphatic hydroxyl groups excluding tert-OH is 1. The van der Waals surface area contributed by atoms with Crippen LogP contribution in [0.15, 0.2) is 42.5 Å². The molecule has 0 fully saturated rings. The molecular formula is C17H18N2O3. The number of fused-ring (bicyclic) bond motifs is 1. The fourth-order valence-corrected chi connectivity index (χ4v) is 2.68. The highest BCUT2D eigenvalue weighted by Crippen LogP contribution is 2.37. The minimum Gasteiger partial charge on any atom is -0.493 e. The van der Waals surface area contributed by atoms with Crippen LogP contribution in [0.25, 0.3) is 11.0 Å². The van der Waals surface area contributed by atoms with Crippen molar-refractivity contribution in [3.8, 4) is 11.5 Å². The standard InChI is InChI=1S/C17H18N2O3/c1-19-13-9-5-4-8-12(13)18-17(19)15(20)11-7-6-10-14(21-2)16(11)22-3/h4-10,15,20H,1-3H3/t15-/m0/s1. The molecule has 1 heterocycles. The van der Waals surface area contributed by atoms with E-state index in [0.29, 0.717) is 22.9 Å². The van der Waals surface area contributed by atoms with Crippen molar-refractivity contribution in [2.24, 2.45) is 7.05 Å². The van der Waals surface area contributed by atoms with Crippen LogP contribution >= 0.6 is 0 Å². The molecule has 0 bridgehead atoms. The van der Waals surface area contributed by atoms with E-state index >= 15 is 0 Å². The fourth-order valence-electron chi connectivity index (χ4n) is 2.68. The van der Waals surface area contributed by atoms with E-state index in [1.54, 1.807) is 20.3 Å². The van der Waals surface area contributed by atoms with Gasteiger partial charge in [0.2, 0.25) is 0 Å². The Labute approximate surface area is 128 Å². The van der Waals surface area contributed by atoms with Crippen molar-refractivity contribution < 1.29 is 14.6 Å². The first-order valence-corrected chi connectivity index (χ1v) is 6.97. The van der Waals surface area contributed by atoms with E-state index in [1.807, 2.05) is 48.0 Å². The number of rotatable bonds is 4. The van der Waals surface area contributed by atoms with Crippen LogP contribution in [-0.4, -0.2) is 28.9 Å². The minimum absolute atomic E-state index is 0.518. The predicted octanol–water partition coefficient (Wildman–Crippen LogP) is 2.67. The highest BCUT2D eigenvalue weighted by atomic mass is 16.5. The normalized spacial score (nSPS) is 12.4. The van der Waals surface area contributed by atoms with Crippen LogP contribution < -0.4 is 9.47 Å². The second-order valence-corrected chi connectivity index (χ2v) is 5.00. The van der Waals surface area contributed by atoms with Gasteiger partial charge in [-0.3, -0.25) is 0 Å². The topological polar surface area (TPSA) is 56.5 Å². The van der Waals surface area contributed by atoms with Gasteiger partial charge in [-0.15, -0.1) is 0 Å². The predicted molar refractivity (Wildman–Crippen MR) is 84.3 cm³/mol. The summed E-state index contributed by atoms with van der Waals surface area (Å²) < 4.78 is 12.6. The van der Waals surface area contributed by atoms with Gasteiger partial charge in [0.25, 0.3) is 0 Å². The molecule has 3 aromatic rings. The van der Waals surface area contributed by atoms with E-state index in [4.69, 9.17) is 9.47 Å². The van der Waals surface area contributed by atoms with Gasteiger partial charge in [-0.05, 0) is 18.2 Å². The number of hydrogen-bond donors (Lipinski definition) is 1. The summed E-state index contributed by atoms with van der Waals surface area (Å²) in [4.78, 5) is 4.54. The van der Waals surface area contributed by atoms with Crippen LogP contribution in [0.3, 0.4) is 0 Å². The van der Waals surface area contributed by atoms with Gasteiger partial charge in [-0.25, -0.2) is 4.98 Å². The number of ether oxygens (including phenoxy) is 2. The first-order chi connectivity index (χ1) is 10.7. The summed E-state index contributed by atoms with van der Waals surface area (Å²) in [6.07, 6.45) is -0.901. The van der Waals surface area contributed by atoms with Crippen molar-refractivity contribution in [1.29, 1.82) is 0 Å². The lowest BCUT2D eigenvalue weighted by atomic mass is 10.1. The maximum atomic E-state index is 10.8. The monoisotopic (exact) mass is 298 g/mol. The zero-order valence-corrected chi connectivity index (χ0v) is 12.8. The molecule has 1 aromatic heterocycles. The van der Waals surface area contributed by atoms with Crippen molar-refractivity contribution in [2.45, 2.75) is 6.10 Å². The number of aryl methyl sites for hydroxylation is 1. The Kier molecular flexibility index (Phi) is 3.73. The van der Waals surface area contributed by atoms with E-state index in [-0.39, 0.29) is 0 Å². The molecular weight excluding hydrogens is 280 g/mol. The van der Waals surface area contributed by atoms with Crippen LogP contribution in [0.2, 0.25) is 0 Å². The summed E-state index contributed by atoms with van der Waals surface area (Å²) in [5, 5.41) is 10.8. The lowest BCUT2D eigenvalue weighted by molar-refractivity contribution is 0.200. The zero-order chi connectivity index (χ0) is 15.7. The molecule has 2 aromatic carbocycles. The molecule has 1 N–H and O–H groups in total. The molecule has 114 valence electrons.